The lowest BCUT2D eigenvalue weighted by Gasteiger charge is -2.45. The third kappa shape index (κ3) is 3.62. The van der Waals surface area contributed by atoms with Crippen molar-refractivity contribution in [2.75, 3.05) is 19.7 Å². The van der Waals surface area contributed by atoms with Gasteiger partial charge in [-0.05, 0) is 31.0 Å². The van der Waals surface area contributed by atoms with E-state index < -0.39 is 15.8 Å². The summed E-state index contributed by atoms with van der Waals surface area (Å²) in [6.07, 6.45) is 6.61. The highest BCUT2D eigenvalue weighted by molar-refractivity contribution is 9.11. The molecule has 2 heterocycles. The van der Waals surface area contributed by atoms with Gasteiger partial charge in [0.2, 0.25) is 10.0 Å². The van der Waals surface area contributed by atoms with E-state index >= 15 is 0 Å². The van der Waals surface area contributed by atoms with Crippen LogP contribution in [0.25, 0.3) is 0 Å². The summed E-state index contributed by atoms with van der Waals surface area (Å²) < 4.78 is 46.7. The first-order valence-corrected chi connectivity index (χ1v) is 11.4. The molecule has 0 aromatic heterocycles. The van der Waals surface area contributed by atoms with Crippen molar-refractivity contribution in [3.8, 4) is 0 Å². The van der Waals surface area contributed by atoms with Gasteiger partial charge in [0.15, 0.2) is 0 Å². The molecule has 150 valence electrons. The topological polar surface area (TPSA) is 66.9 Å². The van der Waals surface area contributed by atoms with Crippen molar-refractivity contribution in [1.82, 2.24) is 9.21 Å². The summed E-state index contributed by atoms with van der Waals surface area (Å²) in [7, 11) is -3.75. The van der Waals surface area contributed by atoms with Gasteiger partial charge in [0, 0.05) is 29.5 Å². The number of hydrogen-bond acceptors (Lipinski definition) is 4. The van der Waals surface area contributed by atoms with Crippen LogP contribution in [0.3, 0.4) is 0 Å². The molecule has 0 spiro atoms. The van der Waals surface area contributed by atoms with E-state index in [-0.39, 0.29) is 42.1 Å². The molecule has 0 saturated carbocycles. The number of fused-ring (bicyclic) bond motifs is 1. The number of nitrogens with zero attached hydrogens (tertiary/aromatic N) is 2. The van der Waals surface area contributed by atoms with Crippen molar-refractivity contribution in [2.45, 2.75) is 29.8 Å². The molecule has 9 heteroatoms. The maximum atomic E-state index is 13.4. The van der Waals surface area contributed by atoms with Gasteiger partial charge in [-0.25, -0.2) is 17.6 Å². The first-order chi connectivity index (χ1) is 13.4. The largest absolute Gasteiger partial charge is 0.449 e. The number of sulfonamides is 1. The minimum absolute atomic E-state index is 0.0476. The van der Waals surface area contributed by atoms with E-state index in [1.807, 2.05) is 18.2 Å². The molecule has 1 amide bonds. The zero-order valence-corrected chi connectivity index (χ0v) is 17.4. The Kier molecular flexibility index (Phi) is 5.32. The van der Waals surface area contributed by atoms with E-state index in [0.29, 0.717) is 19.4 Å². The number of hydrogen-bond donors (Lipinski definition) is 0. The Morgan fingerprint density at radius 2 is 1.96 bits per heavy atom. The van der Waals surface area contributed by atoms with E-state index in [2.05, 4.69) is 15.9 Å². The number of amides is 1. The Labute approximate surface area is 171 Å². The molecule has 1 aliphatic carbocycles. The molecule has 0 N–H and O–H groups in total. The van der Waals surface area contributed by atoms with Gasteiger partial charge in [-0.3, -0.25) is 4.90 Å². The molecule has 6 nitrogen and oxygen atoms in total. The Bertz CT molecular complexity index is 941. The molecule has 0 radical (unpaired) electrons. The second kappa shape index (κ2) is 7.61. The lowest BCUT2D eigenvalue weighted by Crippen LogP contribution is -2.57. The molecular weight excluding hydrogens is 451 g/mol. The van der Waals surface area contributed by atoms with Crippen LogP contribution in [-0.2, 0) is 14.8 Å². The second-order valence-electron chi connectivity index (χ2n) is 7.14. The summed E-state index contributed by atoms with van der Waals surface area (Å²) in [5.41, 5.74) is 0. The van der Waals surface area contributed by atoms with E-state index in [1.165, 1.54) is 22.5 Å². The predicted octanol–water partition coefficient (Wildman–Crippen LogP) is 3.26. The molecule has 2 saturated heterocycles. The van der Waals surface area contributed by atoms with Crippen LogP contribution in [-0.4, -0.2) is 55.5 Å². The highest BCUT2D eigenvalue weighted by Crippen LogP contribution is 2.33. The number of carbonyl (C=O) groups is 1. The zero-order valence-electron chi connectivity index (χ0n) is 15.0. The Morgan fingerprint density at radius 3 is 2.68 bits per heavy atom. The number of benzene rings is 1. The quantitative estimate of drug-likeness (QED) is 0.679. The highest BCUT2D eigenvalue weighted by Gasteiger charge is 2.42. The number of ether oxygens (including phenoxy) is 1. The summed E-state index contributed by atoms with van der Waals surface area (Å²) in [6.45, 7) is 0.883. The van der Waals surface area contributed by atoms with Gasteiger partial charge in [0.1, 0.15) is 12.4 Å². The third-order valence-electron chi connectivity index (χ3n) is 5.45. The lowest BCUT2D eigenvalue weighted by atomic mass is 9.90. The SMILES string of the molecule is O=C1OCC2C=C(Br)C=CC2N1C1CCN(S(=O)(=O)c2cccc(F)c2)CC1. The van der Waals surface area contributed by atoms with Crippen LogP contribution in [0.5, 0.6) is 0 Å². The lowest BCUT2D eigenvalue weighted by molar-refractivity contribution is 0.00613. The fourth-order valence-corrected chi connectivity index (χ4v) is 6.02. The van der Waals surface area contributed by atoms with Crippen molar-refractivity contribution in [3.63, 3.8) is 0 Å². The fourth-order valence-electron chi connectivity index (χ4n) is 4.03. The van der Waals surface area contributed by atoms with E-state index in [4.69, 9.17) is 4.74 Å². The number of rotatable bonds is 3. The van der Waals surface area contributed by atoms with Gasteiger partial charge >= 0.3 is 6.09 Å². The minimum atomic E-state index is -3.75. The number of allylic oxidation sites excluding steroid dienone is 2. The molecule has 1 aromatic carbocycles. The van der Waals surface area contributed by atoms with Crippen molar-refractivity contribution in [3.05, 3.63) is 52.8 Å². The fraction of sp³-hybridized carbons (Fsp3) is 0.421. The molecule has 4 rings (SSSR count). The number of cyclic esters (lactones) is 1. The van der Waals surface area contributed by atoms with E-state index in [1.54, 1.807) is 4.90 Å². The predicted molar refractivity (Wildman–Crippen MR) is 105 cm³/mol. The molecule has 2 atom stereocenters. The van der Waals surface area contributed by atoms with Crippen LogP contribution in [0.2, 0.25) is 0 Å². The van der Waals surface area contributed by atoms with Crippen molar-refractivity contribution in [2.24, 2.45) is 5.92 Å². The van der Waals surface area contributed by atoms with Gasteiger partial charge in [0.25, 0.3) is 0 Å². The second-order valence-corrected chi connectivity index (χ2v) is 10.00. The monoisotopic (exact) mass is 470 g/mol. The number of carbonyl (C=O) groups excluding carboxylic acids is 1. The van der Waals surface area contributed by atoms with Gasteiger partial charge in [0.05, 0.1) is 10.9 Å². The van der Waals surface area contributed by atoms with Gasteiger partial charge in [-0.1, -0.05) is 40.2 Å². The zero-order chi connectivity index (χ0) is 19.9. The van der Waals surface area contributed by atoms with Crippen LogP contribution in [0.4, 0.5) is 9.18 Å². The normalized spacial score (nSPS) is 26.6. The molecule has 2 aliphatic heterocycles. The molecule has 3 aliphatic rings. The van der Waals surface area contributed by atoms with Crippen molar-refractivity contribution >= 4 is 32.0 Å². The molecule has 1 aromatic rings. The summed E-state index contributed by atoms with van der Waals surface area (Å²) in [5, 5.41) is 0. The van der Waals surface area contributed by atoms with Gasteiger partial charge in [-0.15, -0.1) is 0 Å². The Balaban J connectivity index is 1.48. The van der Waals surface area contributed by atoms with E-state index in [9.17, 15) is 17.6 Å². The maximum Gasteiger partial charge on any atom is 0.410 e. The minimum Gasteiger partial charge on any atom is -0.449 e. The maximum absolute atomic E-state index is 13.4. The van der Waals surface area contributed by atoms with Crippen molar-refractivity contribution < 1.29 is 22.3 Å². The Hall–Kier alpha value is -1.71. The standard InChI is InChI=1S/C19H20BrFN2O4S/c20-14-4-5-18-13(10-14)12-27-19(24)23(18)16-6-8-22(9-7-16)28(25,26)17-3-1-2-15(21)11-17/h1-5,10-11,13,16,18H,6-9,12H2. The molecule has 28 heavy (non-hydrogen) atoms. The average molecular weight is 471 g/mol. The molecule has 2 unspecified atom stereocenters. The summed E-state index contributed by atoms with van der Waals surface area (Å²) >= 11 is 3.45. The number of halogens is 2. The number of piperidine rings is 1. The molecule has 2 fully saturated rings. The summed E-state index contributed by atoms with van der Waals surface area (Å²) in [5.74, 6) is -0.507. The first kappa shape index (κ1) is 19.6. The Morgan fingerprint density at radius 1 is 1.21 bits per heavy atom. The van der Waals surface area contributed by atoms with Gasteiger partial charge < -0.3 is 4.74 Å². The van der Waals surface area contributed by atoms with Crippen LogP contribution in [0.15, 0.2) is 51.9 Å². The van der Waals surface area contributed by atoms with E-state index in [0.717, 1.165) is 10.5 Å². The van der Waals surface area contributed by atoms with Crippen LogP contribution in [0.1, 0.15) is 12.8 Å². The van der Waals surface area contributed by atoms with Crippen molar-refractivity contribution in [1.29, 1.82) is 0 Å². The van der Waals surface area contributed by atoms with Crippen LogP contribution in [0, 0.1) is 11.7 Å². The molecule has 0 bridgehead atoms. The third-order valence-corrected chi connectivity index (χ3v) is 7.87. The average Bonchev–Trinajstić information content (AvgIpc) is 2.68. The first-order valence-electron chi connectivity index (χ1n) is 9.12. The van der Waals surface area contributed by atoms with Crippen LogP contribution < -0.4 is 0 Å². The molecular formula is C19H20BrFN2O4S. The van der Waals surface area contributed by atoms with Gasteiger partial charge in [-0.2, -0.15) is 4.31 Å². The summed E-state index contributed by atoms with van der Waals surface area (Å²) in [4.78, 5) is 14.1. The summed E-state index contributed by atoms with van der Waals surface area (Å²) in [6, 6.07) is 4.85. The highest BCUT2D eigenvalue weighted by atomic mass is 79.9. The van der Waals surface area contributed by atoms with Crippen LogP contribution >= 0.6 is 15.9 Å². The smallest absolute Gasteiger partial charge is 0.410 e.